The van der Waals surface area contributed by atoms with E-state index < -0.39 is 0 Å². The molecule has 2 aliphatic heterocycles. The summed E-state index contributed by atoms with van der Waals surface area (Å²) in [6.45, 7) is 18.0. The average molecular weight is 730 g/mol. The second-order valence-corrected chi connectivity index (χ2v) is 19.6. The standard InChI is InChI=1S/C46H43N5S2/c1-43(2)45(5,6)52-41(49-43)31-20-29(24-47-26-31)28-18-19-36-38(22-28)51(33-14-10-9-11-15-33)39-23-37(34-16-12-13-17-35(34)40(36)39)30-21-32(27-48-25-30)42-50-44(3,4)46(7,8)53-42/h9-27H,1-8H3. The van der Waals surface area contributed by atoms with Crippen LogP contribution >= 0.6 is 23.5 Å². The van der Waals surface area contributed by atoms with E-state index >= 15 is 0 Å². The van der Waals surface area contributed by atoms with Crippen LogP contribution in [0.1, 0.15) is 66.5 Å². The number of hydrogen-bond donors (Lipinski definition) is 0. The highest BCUT2D eigenvalue weighted by atomic mass is 32.2. The van der Waals surface area contributed by atoms with Crippen molar-refractivity contribution in [2.24, 2.45) is 9.98 Å². The van der Waals surface area contributed by atoms with Gasteiger partial charge < -0.3 is 4.57 Å². The maximum Gasteiger partial charge on any atom is 0.101 e. The molecule has 7 heteroatoms. The van der Waals surface area contributed by atoms with Crippen molar-refractivity contribution >= 4 is 66.2 Å². The number of rotatable bonds is 5. The molecule has 5 nitrogen and oxygen atoms in total. The van der Waals surface area contributed by atoms with Crippen LogP contribution in [0.4, 0.5) is 0 Å². The molecule has 2 aliphatic rings. The molecule has 0 unspecified atom stereocenters. The van der Waals surface area contributed by atoms with Gasteiger partial charge in [-0.1, -0.05) is 78.1 Å². The highest BCUT2D eigenvalue weighted by molar-refractivity contribution is 8.16. The van der Waals surface area contributed by atoms with Gasteiger partial charge in [0.25, 0.3) is 0 Å². The minimum atomic E-state index is -0.168. The van der Waals surface area contributed by atoms with Gasteiger partial charge in [0.15, 0.2) is 0 Å². The van der Waals surface area contributed by atoms with Gasteiger partial charge in [-0.25, -0.2) is 0 Å². The summed E-state index contributed by atoms with van der Waals surface area (Å²) in [5.74, 6) is 0. The lowest BCUT2D eigenvalue weighted by Crippen LogP contribution is -2.36. The number of aromatic nitrogens is 3. The van der Waals surface area contributed by atoms with Gasteiger partial charge in [-0.05, 0) is 114 Å². The molecule has 0 atom stereocenters. The Kier molecular flexibility index (Phi) is 7.65. The van der Waals surface area contributed by atoms with E-state index in [2.05, 4.69) is 151 Å². The van der Waals surface area contributed by atoms with Crippen molar-refractivity contribution in [2.45, 2.75) is 76.0 Å². The normalized spacial score (nSPS) is 18.5. The Balaban J connectivity index is 1.25. The van der Waals surface area contributed by atoms with Crippen molar-refractivity contribution in [1.82, 2.24) is 14.5 Å². The van der Waals surface area contributed by atoms with Crippen molar-refractivity contribution in [3.05, 3.63) is 127 Å². The molecule has 264 valence electrons. The highest BCUT2D eigenvalue weighted by Crippen LogP contribution is 2.48. The zero-order valence-electron chi connectivity index (χ0n) is 31.5. The van der Waals surface area contributed by atoms with Crippen LogP contribution in [0.2, 0.25) is 0 Å². The molecule has 0 saturated heterocycles. The van der Waals surface area contributed by atoms with Crippen LogP contribution in [0.25, 0.3) is 60.5 Å². The van der Waals surface area contributed by atoms with Crippen LogP contribution in [0.5, 0.6) is 0 Å². The fourth-order valence-electron chi connectivity index (χ4n) is 7.37. The molecule has 0 saturated carbocycles. The first-order chi connectivity index (χ1) is 25.2. The molecule has 9 rings (SSSR count). The van der Waals surface area contributed by atoms with E-state index in [1.807, 2.05) is 48.3 Å². The van der Waals surface area contributed by atoms with Gasteiger partial charge in [0.05, 0.1) is 22.1 Å². The van der Waals surface area contributed by atoms with E-state index in [0.717, 1.165) is 60.2 Å². The topological polar surface area (TPSA) is 55.4 Å². The number of aliphatic imine (C=N–C) groups is 2. The summed E-state index contributed by atoms with van der Waals surface area (Å²) in [4.78, 5) is 19.8. The Morgan fingerprint density at radius 2 is 1.02 bits per heavy atom. The lowest BCUT2D eigenvalue weighted by atomic mass is 9.90. The Morgan fingerprint density at radius 1 is 0.472 bits per heavy atom. The van der Waals surface area contributed by atoms with Gasteiger partial charge in [-0.15, -0.1) is 0 Å². The number of thioether (sulfide) groups is 2. The van der Waals surface area contributed by atoms with Crippen molar-refractivity contribution < 1.29 is 0 Å². The molecule has 4 aromatic carbocycles. The van der Waals surface area contributed by atoms with Gasteiger partial charge in [-0.2, -0.15) is 0 Å². The predicted octanol–water partition coefficient (Wildman–Crippen LogP) is 12.2. The summed E-state index contributed by atoms with van der Waals surface area (Å²) < 4.78 is 2.42. The molecule has 0 fully saturated rings. The maximum absolute atomic E-state index is 5.17. The Bertz CT molecular complexity index is 2680. The fraction of sp³-hybridized carbons (Fsp3) is 0.261. The van der Waals surface area contributed by atoms with Crippen molar-refractivity contribution in [1.29, 1.82) is 0 Å². The molecule has 0 N–H and O–H groups in total. The molecule has 0 amide bonds. The van der Waals surface area contributed by atoms with E-state index in [0.29, 0.717) is 0 Å². The third kappa shape index (κ3) is 5.46. The van der Waals surface area contributed by atoms with Crippen LogP contribution < -0.4 is 0 Å². The molecular formula is C46H43N5S2. The SMILES string of the molecule is CC1(C)N=C(c2cncc(-c3ccc4c5c6ccccc6c(-c6cncc(C7=NC(C)(C)C(C)(C)S7)c6)cc5n(-c5ccccc5)c4c3)c2)SC1(C)C. The number of fused-ring (bicyclic) bond motifs is 5. The maximum atomic E-state index is 5.17. The third-order valence-corrected chi connectivity index (χ3v) is 14.9. The summed E-state index contributed by atoms with van der Waals surface area (Å²) in [7, 11) is 0. The van der Waals surface area contributed by atoms with Crippen LogP contribution in [0, 0.1) is 0 Å². The largest absolute Gasteiger partial charge is 0.309 e. The zero-order chi connectivity index (χ0) is 36.9. The van der Waals surface area contributed by atoms with Gasteiger partial charge in [0, 0.05) is 73.0 Å². The van der Waals surface area contributed by atoms with Crippen molar-refractivity contribution in [2.75, 3.05) is 0 Å². The van der Waals surface area contributed by atoms with E-state index in [-0.39, 0.29) is 20.6 Å². The first kappa shape index (κ1) is 34.1. The molecule has 3 aromatic heterocycles. The zero-order valence-corrected chi connectivity index (χ0v) is 33.2. The Morgan fingerprint density at radius 3 is 1.62 bits per heavy atom. The number of nitrogens with zero attached hydrogens (tertiary/aromatic N) is 5. The molecule has 0 radical (unpaired) electrons. The third-order valence-electron chi connectivity index (χ3n) is 11.8. The first-order valence-electron chi connectivity index (χ1n) is 18.3. The monoisotopic (exact) mass is 729 g/mol. The molecule has 0 bridgehead atoms. The fourth-order valence-corrected chi connectivity index (χ4v) is 9.94. The van der Waals surface area contributed by atoms with Gasteiger partial charge in [-0.3, -0.25) is 20.0 Å². The van der Waals surface area contributed by atoms with Crippen LogP contribution in [-0.2, 0) is 0 Å². The first-order valence-corrected chi connectivity index (χ1v) is 19.9. The van der Waals surface area contributed by atoms with E-state index in [1.165, 1.54) is 21.5 Å². The van der Waals surface area contributed by atoms with E-state index in [9.17, 15) is 0 Å². The number of hydrogen-bond acceptors (Lipinski definition) is 6. The summed E-state index contributed by atoms with van der Waals surface area (Å²) in [5.41, 5.74) is 9.67. The Hall–Kier alpha value is -4.72. The van der Waals surface area contributed by atoms with Crippen molar-refractivity contribution in [3.63, 3.8) is 0 Å². The molecule has 53 heavy (non-hydrogen) atoms. The predicted molar refractivity (Wildman–Crippen MR) is 229 cm³/mol. The Labute approximate surface area is 320 Å². The number of para-hydroxylation sites is 1. The second-order valence-electron chi connectivity index (χ2n) is 16.4. The van der Waals surface area contributed by atoms with Gasteiger partial charge >= 0.3 is 0 Å². The van der Waals surface area contributed by atoms with E-state index in [4.69, 9.17) is 20.0 Å². The average Bonchev–Trinajstić information content (AvgIpc) is 3.68. The lowest BCUT2D eigenvalue weighted by Gasteiger charge is -2.30. The van der Waals surface area contributed by atoms with Crippen LogP contribution in [-0.4, -0.2) is 45.2 Å². The van der Waals surface area contributed by atoms with E-state index in [1.54, 1.807) is 0 Å². The quantitative estimate of drug-likeness (QED) is 0.177. The molecule has 7 aromatic rings. The molecule has 5 heterocycles. The summed E-state index contributed by atoms with van der Waals surface area (Å²) in [5, 5.41) is 6.98. The molecular weight excluding hydrogens is 687 g/mol. The number of benzene rings is 4. The van der Waals surface area contributed by atoms with Crippen molar-refractivity contribution in [3.8, 4) is 27.9 Å². The van der Waals surface area contributed by atoms with Crippen LogP contribution in [0.15, 0.2) is 126 Å². The minimum absolute atomic E-state index is 0.00431. The summed E-state index contributed by atoms with van der Waals surface area (Å²) in [6.07, 6.45) is 7.87. The van der Waals surface area contributed by atoms with Gasteiger partial charge in [0.1, 0.15) is 10.1 Å². The van der Waals surface area contributed by atoms with Gasteiger partial charge in [0.2, 0.25) is 0 Å². The summed E-state index contributed by atoms with van der Waals surface area (Å²) >= 11 is 3.68. The molecule has 0 aliphatic carbocycles. The summed E-state index contributed by atoms with van der Waals surface area (Å²) in [6, 6.07) is 33.3. The lowest BCUT2D eigenvalue weighted by molar-refractivity contribution is 0.426. The molecule has 0 spiro atoms. The highest BCUT2D eigenvalue weighted by Gasteiger charge is 2.45. The number of pyridine rings is 2. The van der Waals surface area contributed by atoms with Crippen LogP contribution in [0.3, 0.4) is 0 Å². The second kappa shape index (κ2) is 11.9. The smallest absolute Gasteiger partial charge is 0.101 e. The minimum Gasteiger partial charge on any atom is -0.309 e.